The van der Waals surface area contributed by atoms with E-state index in [4.69, 9.17) is 10.9 Å². The summed E-state index contributed by atoms with van der Waals surface area (Å²) in [4.78, 5) is 12.8. The summed E-state index contributed by atoms with van der Waals surface area (Å²) >= 11 is 0. The Kier molecular flexibility index (Phi) is 2.94. The quantitative estimate of drug-likeness (QED) is 0.224. The van der Waals surface area contributed by atoms with Crippen LogP contribution in [0.2, 0.25) is 0 Å². The molecule has 0 aliphatic carbocycles. The normalized spacial score (nSPS) is 23.3. The van der Waals surface area contributed by atoms with E-state index in [-0.39, 0.29) is 17.9 Å². The molecule has 6 heteroatoms. The lowest BCUT2D eigenvalue weighted by Gasteiger charge is -2.22. The molecule has 0 spiro atoms. The Hall–Kier alpha value is -1.46. The summed E-state index contributed by atoms with van der Waals surface area (Å²) in [6.07, 6.45) is 1.64. The summed E-state index contributed by atoms with van der Waals surface area (Å²) in [6.45, 7) is 0.653. The number of nitrogens with zero attached hydrogens (tertiary/aromatic N) is 2. The Morgan fingerprint density at radius 2 is 2.46 bits per heavy atom. The zero-order valence-corrected chi connectivity index (χ0v) is 7.53. The summed E-state index contributed by atoms with van der Waals surface area (Å²) in [5.74, 6) is 0.0982. The molecule has 2 amide bonds. The van der Waals surface area contributed by atoms with Crippen LogP contribution >= 0.6 is 0 Å². The molecule has 1 heterocycles. The van der Waals surface area contributed by atoms with E-state index in [2.05, 4.69) is 10.5 Å². The van der Waals surface area contributed by atoms with Crippen molar-refractivity contribution >= 4 is 11.9 Å². The van der Waals surface area contributed by atoms with Gasteiger partial charge in [0.05, 0.1) is 6.04 Å². The van der Waals surface area contributed by atoms with Gasteiger partial charge in [-0.05, 0) is 12.8 Å². The molecule has 4 N–H and O–H groups in total. The molecule has 0 bridgehead atoms. The fraction of sp³-hybridized carbons (Fsp3) is 0.714. The second-order valence-electron chi connectivity index (χ2n) is 2.93. The van der Waals surface area contributed by atoms with Crippen LogP contribution in [-0.2, 0) is 0 Å². The van der Waals surface area contributed by atoms with Crippen molar-refractivity contribution in [2.45, 2.75) is 18.9 Å². The molecule has 1 saturated heterocycles. The number of amides is 2. The predicted octanol–water partition coefficient (Wildman–Crippen LogP) is -0.463. The number of hydrogen-bond acceptors (Lipinski definition) is 3. The molecule has 1 atom stereocenters. The van der Waals surface area contributed by atoms with Gasteiger partial charge in [-0.3, -0.25) is 0 Å². The lowest BCUT2D eigenvalue weighted by atomic mass is 10.2. The minimum absolute atomic E-state index is 0.0982. The predicted molar refractivity (Wildman–Crippen MR) is 47.6 cm³/mol. The molecule has 1 aliphatic rings. The number of nitrogens with one attached hydrogen (secondary N) is 1. The number of carbonyl (C=O) groups is 1. The highest BCUT2D eigenvalue weighted by Crippen LogP contribution is 2.16. The van der Waals surface area contributed by atoms with E-state index in [9.17, 15) is 4.79 Å². The van der Waals surface area contributed by atoms with Crippen LogP contribution in [0.3, 0.4) is 0 Å². The molecule has 1 rings (SSSR count). The van der Waals surface area contributed by atoms with E-state index in [1.54, 1.807) is 11.9 Å². The van der Waals surface area contributed by atoms with Crippen LogP contribution < -0.4 is 11.1 Å². The Bertz CT molecular complexity index is 229. The number of hydrogen-bond donors (Lipinski definition) is 3. The molecule has 0 aromatic heterocycles. The van der Waals surface area contributed by atoms with Gasteiger partial charge in [-0.2, -0.15) is 0 Å². The zero-order chi connectivity index (χ0) is 9.84. The molecule has 6 nitrogen and oxygen atoms in total. The Balaban J connectivity index is 2.69. The van der Waals surface area contributed by atoms with E-state index in [1.807, 2.05) is 0 Å². The van der Waals surface area contributed by atoms with Crippen molar-refractivity contribution in [3.63, 3.8) is 0 Å². The minimum Gasteiger partial charge on any atom is -0.409 e. The standard InChI is InChI=1S/C7H14N4O2/c1-9-7(12)11-4-2-3-5(11)6(8)10-13/h5,13H,2-4H2,1H3,(H2,8,10)(H,9,12). The van der Waals surface area contributed by atoms with Crippen molar-refractivity contribution < 1.29 is 10.0 Å². The zero-order valence-electron chi connectivity index (χ0n) is 7.53. The fourth-order valence-corrected chi connectivity index (χ4v) is 1.53. The molecule has 0 aromatic rings. The van der Waals surface area contributed by atoms with E-state index in [0.29, 0.717) is 6.54 Å². The van der Waals surface area contributed by atoms with E-state index in [0.717, 1.165) is 12.8 Å². The summed E-state index contributed by atoms with van der Waals surface area (Å²) in [7, 11) is 1.56. The molecule has 1 fully saturated rings. The van der Waals surface area contributed by atoms with E-state index >= 15 is 0 Å². The first-order valence-corrected chi connectivity index (χ1v) is 4.16. The Morgan fingerprint density at radius 1 is 1.77 bits per heavy atom. The first-order chi connectivity index (χ1) is 6.20. The Labute approximate surface area is 76.4 Å². The number of oxime groups is 1. The molecule has 0 aromatic carbocycles. The number of likely N-dealkylation sites (tertiary alicyclic amines) is 1. The molecule has 13 heavy (non-hydrogen) atoms. The average molecular weight is 186 g/mol. The molecular formula is C7H14N4O2. The van der Waals surface area contributed by atoms with Gasteiger partial charge in [0, 0.05) is 13.6 Å². The first kappa shape index (κ1) is 9.63. The van der Waals surface area contributed by atoms with Crippen LogP contribution in [0.25, 0.3) is 0 Å². The summed E-state index contributed by atoms with van der Waals surface area (Å²) in [5, 5.41) is 13.9. The van der Waals surface area contributed by atoms with Crippen molar-refractivity contribution in [2.75, 3.05) is 13.6 Å². The topological polar surface area (TPSA) is 91.0 Å². The third-order valence-electron chi connectivity index (χ3n) is 2.18. The number of nitrogens with two attached hydrogens (primary N) is 1. The van der Waals surface area contributed by atoms with Crippen molar-refractivity contribution in [3.05, 3.63) is 0 Å². The van der Waals surface area contributed by atoms with Gasteiger partial charge < -0.3 is 21.2 Å². The van der Waals surface area contributed by atoms with Crippen LogP contribution in [0, 0.1) is 0 Å². The SMILES string of the molecule is CNC(=O)N1CCCC1C(N)=NO. The van der Waals surface area contributed by atoms with E-state index in [1.165, 1.54) is 0 Å². The van der Waals surface area contributed by atoms with Crippen LogP contribution in [0.15, 0.2) is 5.16 Å². The van der Waals surface area contributed by atoms with Crippen LogP contribution in [0.5, 0.6) is 0 Å². The maximum absolute atomic E-state index is 11.3. The van der Waals surface area contributed by atoms with Gasteiger partial charge >= 0.3 is 6.03 Å². The smallest absolute Gasteiger partial charge is 0.317 e. The third kappa shape index (κ3) is 1.82. The first-order valence-electron chi connectivity index (χ1n) is 4.16. The monoisotopic (exact) mass is 186 g/mol. The van der Waals surface area contributed by atoms with E-state index < -0.39 is 0 Å². The number of urea groups is 1. The maximum Gasteiger partial charge on any atom is 0.317 e. The molecule has 1 aliphatic heterocycles. The molecule has 0 saturated carbocycles. The van der Waals surface area contributed by atoms with Crippen molar-refractivity contribution in [2.24, 2.45) is 10.9 Å². The van der Waals surface area contributed by atoms with Gasteiger partial charge in [0.15, 0.2) is 5.84 Å². The molecule has 0 radical (unpaired) electrons. The van der Waals surface area contributed by atoms with Crippen molar-refractivity contribution in [1.82, 2.24) is 10.2 Å². The molecular weight excluding hydrogens is 172 g/mol. The van der Waals surface area contributed by atoms with Crippen LogP contribution in [0.1, 0.15) is 12.8 Å². The molecule has 74 valence electrons. The minimum atomic E-state index is -0.259. The largest absolute Gasteiger partial charge is 0.409 e. The second kappa shape index (κ2) is 3.97. The summed E-state index contributed by atoms with van der Waals surface area (Å²) in [6, 6.07) is -0.445. The second-order valence-corrected chi connectivity index (χ2v) is 2.93. The highest BCUT2D eigenvalue weighted by molar-refractivity contribution is 5.89. The fourth-order valence-electron chi connectivity index (χ4n) is 1.53. The van der Waals surface area contributed by atoms with Gasteiger partial charge in [0.2, 0.25) is 0 Å². The number of amidine groups is 1. The third-order valence-corrected chi connectivity index (χ3v) is 2.18. The van der Waals surface area contributed by atoms with Crippen LogP contribution in [0.4, 0.5) is 4.79 Å². The lowest BCUT2D eigenvalue weighted by Crippen LogP contribution is -2.47. The van der Waals surface area contributed by atoms with Gasteiger partial charge in [0.1, 0.15) is 0 Å². The average Bonchev–Trinajstić information content (AvgIpc) is 2.63. The summed E-state index contributed by atoms with van der Waals surface area (Å²) < 4.78 is 0. The van der Waals surface area contributed by atoms with Crippen molar-refractivity contribution in [3.8, 4) is 0 Å². The highest BCUT2D eigenvalue weighted by atomic mass is 16.4. The van der Waals surface area contributed by atoms with Gasteiger partial charge in [0.25, 0.3) is 0 Å². The van der Waals surface area contributed by atoms with Gasteiger partial charge in [-0.15, -0.1) is 0 Å². The van der Waals surface area contributed by atoms with Gasteiger partial charge in [-0.25, -0.2) is 4.79 Å². The lowest BCUT2D eigenvalue weighted by molar-refractivity contribution is 0.204. The number of rotatable bonds is 1. The maximum atomic E-state index is 11.3. The molecule has 1 unspecified atom stereocenters. The van der Waals surface area contributed by atoms with Gasteiger partial charge in [-0.1, -0.05) is 5.16 Å². The van der Waals surface area contributed by atoms with Crippen LogP contribution in [-0.4, -0.2) is 41.6 Å². The highest BCUT2D eigenvalue weighted by Gasteiger charge is 2.31. The Morgan fingerprint density at radius 3 is 3.00 bits per heavy atom. The summed E-state index contributed by atoms with van der Waals surface area (Å²) in [5.41, 5.74) is 5.44. The number of carbonyl (C=O) groups excluding carboxylic acids is 1. The van der Waals surface area contributed by atoms with Crippen molar-refractivity contribution in [1.29, 1.82) is 0 Å².